The Morgan fingerprint density at radius 2 is 1.71 bits per heavy atom. The minimum absolute atomic E-state index is 0.0198. The van der Waals surface area contributed by atoms with Gasteiger partial charge in [-0.15, -0.1) is 0 Å². The largest absolute Gasteiger partial charge is 0.507 e. The van der Waals surface area contributed by atoms with E-state index in [0.29, 0.717) is 29.9 Å². The predicted molar refractivity (Wildman–Crippen MR) is 115 cm³/mol. The molecular weight excluding hydrogens is 348 g/mol. The van der Waals surface area contributed by atoms with Crippen LogP contribution >= 0.6 is 0 Å². The molecule has 2 rings (SSSR count). The second-order valence-corrected chi connectivity index (χ2v) is 7.34. The van der Waals surface area contributed by atoms with Crippen LogP contribution in [0.4, 0.5) is 0 Å². The van der Waals surface area contributed by atoms with Crippen LogP contribution in [0, 0.1) is 0 Å². The molecule has 2 aromatic carbocycles. The molecule has 0 bridgehead atoms. The van der Waals surface area contributed by atoms with Crippen LogP contribution in [-0.4, -0.2) is 10.9 Å². The number of benzene rings is 2. The molecule has 2 aromatic rings. The van der Waals surface area contributed by atoms with Crippen LogP contribution in [0.5, 0.6) is 11.5 Å². The summed E-state index contributed by atoms with van der Waals surface area (Å²) in [4.78, 5) is 11.8. The van der Waals surface area contributed by atoms with E-state index in [0.717, 1.165) is 18.4 Å². The van der Waals surface area contributed by atoms with Crippen molar-refractivity contribution >= 4 is 5.78 Å². The van der Waals surface area contributed by atoms with Crippen LogP contribution in [0.15, 0.2) is 65.8 Å². The number of ether oxygens (including phenoxy) is 1. The molecule has 1 N–H and O–H groups in total. The lowest BCUT2D eigenvalue weighted by atomic mass is 10.0. The topological polar surface area (TPSA) is 46.5 Å². The average molecular weight is 379 g/mol. The van der Waals surface area contributed by atoms with E-state index < -0.39 is 0 Å². The van der Waals surface area contributed by atoms with Gasteiger partial charge in [0.05, 0.1) is 5.56 Å². The highest BCUT2D eigenvalue weighted by Gasteiger charge is 2.16. The van der Waals surface area contributed by atoms with Crippen molar-refractivity contribution in [3.8, 4) is 11.5 Å². The Balaban J connectivity index is 2.21. The lowest BCUT2D eigenvalue weighted by Gasteiger charge is -2.14. The molecule has 0 aliphatic heterocycles. The SMILES string of the molecule is CC(=O)c1ccc(OCc2ccccc2)c(CC=C(C)CCC=C(C)C)c1O. The van der Waals surface area contributed by atoms with Crippen molar-refractivity contribution in [3.63, 3.8) is 0 Å². The van der Waals surface area contributed by atoms with Crippen molar-refractivity contribution in [2.24, 2.45) is 0 Å². The van der Waals surface area contributed by atoms with Crippen molar-refractivity contribution in [1.82, 2.24) is 0 Å². The number of allylic oxidation sites excluding steroid dienone is 4. The van der Waals surface area contributed by atoms with Gasteiger partial charge in [0.2, 0.25) is 0 Å². The van der Waals surface area contributed by atoms with Crippen LogP contribution in [0.2, 0.25) is 0 Å². The number of phenolic OH excluding ortho intramolecular Hbond substituents is 1. The van der Waals surface area contributed by atoms with Gasteiger partial charge in [-0.05, 0) is 64.7 Å². The molecular formula is C25H30O3. The van der Waals surface area contributed by atoms with Gasteiger partial charge in [0, 0.05) is 5.56 Å². The molecule has 0 aromatic heterocycles. The molecule has 0 aliphatic carbocycles. The monoisotopic (exact) mass is 378 g/mol. The van der Waals surface area contributed by atoms with Crippen LogP contribution < -0.4 is 4.74 Å². The Morgan fingerprint density at radius 1 is 1.00 bits per heavy atom. The van der Waals surface area contributed by atoms with Crippen molar-refractivity contribution < 1.29 is 14.6 Å². The van der Waals surface area contributed by atoms with Gasteiger partial charge in [-0.1, -0.05) is 53.6 Å². The first-order valence-electron chi connectivity index (χ1n) is 9.70. The van der Waals surface area contributed by atoms with Gasteiger partial charge >= 0.3 is 0 Å². The van der Waals surface area contributed by atoms with E-state index in [1.54, 1.807) is 12.1 Å². The molecule has 0 fully saturated rings. The van der Waals surface area contributed by atoms with Crippen molar-refractivity contribution in [2.75, 3.05) is 0 Å². The average Bonchev–Trinajstić information content (AvgIpc) is 2.65. The molecule has 0 atom stereocenters. The zero-order valence-corrected chi connectivity index (χ0v) is 17.3. The zero-order valence-electron chi connectivity index (χ0n) is 17.3. The van der Waals surface area contributed by atoms with Gasteiger partial charge in [0.1, 0.15) is 18.1 Å². The molecule has 148 valence electrons. The third-order valence-electron chi connectivity index (χ3n) is 4.60. The molecule has 0 spiro atoms. The number of carbonyl (C=O) groups excluding carboxylic acids is 1. The summed E-state index contributed by atoms with van der Waals surface area (Å²) in [5.41, 5.74) is 4.61. The number of rotatable bonds is 9. The molecule has 28 heavy (non-hydrogen) atoms. The van der Waals surface area contributed by atoms with E-state index in [1.807, 2.05) is 30.3 Å². The molecule has 3 nitrogen and oxygen atoms in total. The predicted octanol–water partition coefficient (Wildman–Crippen LogP) is 6.41. The van der Waals surface area contributed by atoms with E-state index in [2.05, 4.69) is 32.9 Å². The maximum Gasteiger partial charge on any atom is 0.163 e. The lowest BCUT2D eigenvalue weighted by molar-refractivity contribution is 0.101. The Labute approximate surface area is 168 Å². The fourth-order valence-corrected chi connectivity index (χ4v) is 2.94. The molecule has 0 saturated carbocycles. The molecule has 0 saturated heterocycles. The minimum Gasteiger partial charge on any atom is -0.507 e. The molecule has 0 unspecified atom stereocenters. The lowest BCUT2D eigenvalue weighted by Crippen LogP contribution is -2.02. The third kappa shape index (κ3) is 6.41. The van der Waals surface area contributed by atoms with Crippen LogP contribution in [0.1, 0.15) is 62.0 Å². The van der Waals surface area contributed by atoms with Crippen LogP contribution in [-0.2, 0) is 13.0 Å². The summed E-state index contributed by atoms with van der Waals surface area (Å²) in [5.74, 6) is 0.476. The minimum atomic E-state index is -0.155. The van der Waals surface area contributed by atoms with Gasteiger partial charge in [-0.25, -0.2) is 0 Å². The van der Waals surface area contributed by atoms with Gasteiger partial charge in [0.15, 0.2) is 5.78 Å². The van der Waals surface area contributed by atoms with Crippen molar-refractivity contribution in [1.29, 1.82) is 0 Å². The third-order valence-corrected chi connectivity index (χ3v) is 4.60. The number of carbonyl (C=O) groups is 1. The molecule has 0 radical (unpaired) electrons. The first kappa shape index (κ1) is 21.5. The van der Waals surface area contributed by atoms with E-state index >= 15 is 0 Å². The summed E-state index contributed by atoms with van der Waals surface area (Å²) in [6.45, 7) is 8.16. The summed E-state index contributed by atoms with van der Waals surface area (Å²) >= 11 is 0. The number of hydrogen-bond donors (Lipinski definition) is 1. The summed E-state index contributed by atoms with van der Waals surface area (Å²) in [5, 5.41) is 10.7. The van der Waals surface area contributed by atoms with E-state index in [9.17, 15) is 9.90 Å². The van der Waals surface area contributed by atoms with E-state index in [-0.39, 0.29) is 11.5 Å². The van der Waals surface area contributed by atoms with Crippen molar-refractivity contribution in [3.05, 3.63) is 82.5 Å². The Kier molecular flexibility index (Phi) is 8.06. The molecule has 0 aliphatic rings. The van der Waals surface area contributed by atoms with Gasteiger partial charge in [-0.2, -0.15) is 0 Å². The second-order valence-electron chi connectivity index (χ2n) is 7.34. The maximum atomic E-state index is 11.8. The molecule has 0 heterocycles. The van der Waals surface area contributed by atoms with Gasteiger partial charge < -0.3 is 9.84 Å². The first-order chi connectivity index (χ1) is 13.4. The number of Topliss-reactive ketones (excluding diaryl/α,β-unsaturated/α-hetero) is 1. The van der Waals surface area contributed by atoms with Crippen molar-refractivity contribution in [2.45, 2.75) is 53.6 Å². The van der Waals surface area contributed by atoms with Gasteiger partial charge in [0.25, 0.3) is 0 Å². The Morgan fingerprint density at radius 3 is 2.36 bits per heavy atom. The summed E-state index contributed by atoms with van der Waals surface area (Å²) in [6, 6.07) is 13.3. The quantitative estimate of drug-likeness (QED) is 0.405. The fraction of sp³-hybridized carbons (Fsp3) is 0.320. The normalized spacial score (nSPS) is 11.2. The Hall–Kier alpha value is -2.81. The van der Waals surface area contributed by atoms with Crippen LogP contribution in [0.25, 0.3) is 0 Å². The highest BCUT2D eigenvalue weighted by atomic mass is 16.5. The standard InChI is InChI=1S/C25H30O3/c1-18(2)9-8-10-19(3)13-14-23-24(16-15-22(20(4)26)25(23)27)28-17-21-11-6-5-7-12-21/h5-7,9,11-13,15-16,27H,8,10,14,17H2,1-4H3. The van der Waals surface area contributed by atoms with E-state index in [4.69, 9.17) is 4.74 Å². The van der Waals surface area contributed by atoms with Crippen LogP contribution in [0.3, 0.4) is 0 Å². The molecule has 0 amide bonds. The maximum absolute atomic E-state index is 11.8. The Bertz CT molecular complexity index is 857. The number of phenols is 1. The fourth-order valence-electron chi connectivity index (χ4n) is 2.94. The smallest absolute Gasteiger partial charge is 0.163 e. The number of aromatic hydroxyl groups is 1. The zero-order chi connectivity index (χ0) is 20.5. The van der Waals surface area contributed by atoms with Gasteiger partial charge in [-0.3, -0.25) is 4.79 Å². The van der Waals surface area contributed by atoms with E-state index in [1.165, 1.54) is 18.1 Å². The number of ketones is 1. The highest BCUT2D eigenvalue weighted by molar-refractivity contribution is 5.97. The number of hydrogen-bond acceptors (Lipinski definition) is 3. The summed E-state index contributed by atoms with van der Waals surface area (Å²) in [6.07, 6.45) is 6.82. The molecule has 3 heteroatoms. The summed E-state index contributed by atoms with van der Waals surface area (Å²) in [7, 11) is 0. The highest BCUT2D eigenvalue weighted by Crippen LogP contribution is 2.33. The summed E-state index contributed by atoms with van der Waals surface area (Å²) < 4.78 is 5.97. The first-order valence-corrected chi connectivity index (χ1v) is 9.70. The second kappa shape index (κ2) is 10.5.